The van der Waals surface area contributed by atoms with Gasteiger partial charge in [-0.2, -0.15) is 8.42 Å². The summed E-state index contributed by atoms with van der Waals surface area (Å²) in [6.45, 7) is 1.44. The molecule has 0 heterocycles. The van der Waals surface area contributed by atoms with Gasteiger partial charge in [-0.3, -0.25) is 10.1 Å². The highest BCUT2D eigenvalue weighted by atomic mass is 35.5. The zero-order chi connectivity index (χ0) is 19.5. The van der Waals surface area contributed by atoms with Crippen LogP contribution in [-0.2, 0) is 10.0 Å². The maximum atomic E-state index is 12.8. The molecule has 0 spiro atoms. The van der Waals surface area contributed by atoms with E-state index in [1.165, 1.54) is 25.1 Å². The largest absolute Gasteiger partial charge is 0.314 e. The van der Waals surface area contributed by atoms with Crippen molar-refractivity contribution in [2.45, 2.75) is 17.9 Å². The van der Waals surface area contributed by atoms with Crippen LogP contribution in [0.5, 0.6) is 0 Å². The first-order valence-corrected chi connectivity index (χ1v) is 9.22. The minimum absolute atomic E-state index is 0.0315. The number of hydrogen-bond donors (Lipinski definition) is 0. The van der Waals surface area contributed by atoms with Gasteiger partial charge in [0.05, 0.1) is 15.7 Å². The molecule has 1 unspecified atom stereocenters. The number of nitro groups is 2. The van der Waals surface area contributed by atoms with Gasteiger partial charge in [0.25, 0.3) is 5.69 Å². The lowest BCUT2D eigenvalue weighted by atomic mass is 10.1. The first kappa shape index (κ1) is 19.6. The van der Waals surface area contributed by atoms with Gasteiger partial charge < -0.3 is 0 Å². The van der Waals surface area contributed by atoms with Crippen molar-refractivity contribution in [2.75, 3.05) is 5.88 Å². The van der Waals surface area contributed by atoms with Gasteiger partial charge >= 0.3 is 10.0 Å². The van der Waals surface area contributed by atoms with Crippen molar-refractivity contribution in [1.82, 2.24) is 4.41 Å². The predicted octanol–water partition coefficient (Wildman–Crippen LogP) is 3.07. The van der Waals surface area contributed by atoms with Crippen LogP contribution in [0.4, 0.5) is 5.69 Å². The molecule has 0 aliphatic heterocycles. The Kier molecular flexibility index (Phi) is 5.78. The van der Waals surface area contributed by atoms with Crippen molar-refractivity contribution in [2.24, 2.45) is 0 Å². The Hall–Kier alpha value is -2.72. The van der Waals surface area contributed by atoms with Gasteiger partial charge in [-0.25, -0.2) is 10.1 Å². The summed E-state index contributed by atoms with van der Waals surface area (Å²) >= 11 is 5.82. The van der Waals surface area contributed by atoms with E-state index in [4.69, 9.17) is 11.6 Å². The Bertz CT molecular complexity index is 936. The van der Waals surface area contributed by atoms with Crippen LogP contribution in [0.25, 0.3) is 0 Å². The lowest BCUT2D eigenvalue weighted by Gasteiger charge is -2.22. The van der Waals surface area contributed by atoms with Crippen LogP contribution in [-0.4, -0.2) is 28.7 Å². The van der Waals surface area contributed by atoms with E-state index in [0.29, 0.717) is 5.56 Å². The van der Waals surface area contributed by atoms with Crippen LogP contribution in [0.3, 0.4) is 0 Å². The molecule has 0 bridgehead atoms. The summed E-state index contributed by atoms with van der Waals surface area (Å²) in [6.07, 6.45) is 0. The second-order valence-corrected chi connectivity index (χ2v) is 7.41. The molecule has 0 aromatic heterocycles. The van der Waals surface area contributed by atoms with Crippen molar-refractivity contribution in [3.63, 3.8) is 0 Å². The smallest absolute Gasteiger partial charge is 0.258 e. The summed E-state index contributed by atoms with van der Waals surface area (Å²) in [5.41, 5.74) is 0.111. The number of nitrogens with zero attached hydrogens (tertiary/aromatic N) is 3. The van der Waals surface area contributed by atoms with E-state index >= 15 is 0 Å². The Labute approximate surface area is 154 Å². The van der Waals surface area contributed by atoms with E-state index in [9.17, 15) is 28.6 Å². The Morgan fingerprint density at radius 3 is 2.23 bits per heavy atom. The van der Waals surface area contributed by atoms with Gasteiger partial charge in [-0.15, -0.1) is 11.6 Å². The molecule has 1 atom stereocenters. The van der Waals surface area contributed by atoms with Crippen LogP contribution in [0, 0.1) is 27.2 Å². The fourth-order valence-corrected chi connectivity index (χ4v) is 4.19. The lowest BCUT2D eigenvalue weighted by molar-refractivity contribution is -0.629. The molecular weight excluding hydrogens is 386 g/mol. The number of benzene rings is 2. The summed E-state index contributed by atoms with van der Waals surface area (Å²) in [5.74, 6) is -0.377. The molecule has 138 valence electrons. The molecule has 2 rings (SSSR count). The van der Waals surface area contributed by atoms with Crippen LogP contribution in [0.15, 0.2) is 53.4 Å². The second kappa shape index (κ2) is 7.67. The molecule has 0 saturated carbocycles. The second-order valence-electron chi connectivity index (χ2n) is 5.30. The van der Waals surface area contributed by atoms with E-state index < -0.39 is 36.6 Å². The normalized spacial score (nSPS) is 12.4. The molecule has 2 aromatic carbocycles. The highest BCUT2D eigenvalue weighted by molar-refractivity contribution is 7.89. The molecule has 0 radical (unpaired) electrons. The van der Waals surface area contributed by atoms with E-state index in [0.717, 1.165) is 12.1 Å². The average molecular weight is 400 g/mol. The molecule has 2 aromatic rings. The summed E-state index contributed by atoms with van der Waals surface area (Å²) in [6, 6.07) is 9.71. The number of rotatable bonds is 7. The maximum Gasteiger partial charge on any atom is 0.314 e. The SMILES string of the molecule is Cc1ccc(S(=O)(=O)N(C(CCl)c2ccccc2)[N+](=O)[O-])cc1[N+](=O)[O-]. The van der Waals surface area contributed by atoms with Gasteiger partial charge in [0.15, 0.2) is 5.03 Å². The number of sulfonamides is 1. The van der Waals surface area contributed by atoms with Crippen molar-refractivity contribution in [3.05, 3.63) is 79.9 Å². The molecule has 0 N–H and O–H groups in total. The summed E-state index contributed by atoms with van der Waals surface area (Å²) < 4.78 is 25.7. The highest BCUT2D eigenvalue weighted by Gasteiger charge is 2.41. The first-order valence-electron chi connectivity index (χ1n) is 7.25. The van der Waals surface area contributed by atoms with Crippen LogP contribution < -0.4 is 0 Å². The molecule has 0 saturated heterocycles. The fourth-order valence-electron chi connectivity index (χ4n) is 2.37. The van der Waals surface area contributed by atoms with E-state index in [1.807, 2.05) is 0 Å². The zero-order valence-corrected chi connectivity index (χ0v) is 15.1. The van der Waals surface area contributed by atoms with Crippen LogP contribution in [0.1, 0.15) is 17.2 Å². The summed E-state index contributed by atoms with van der Waals surface area (Å²) in [7, 11) is -4.69. The Morgan fingerprint density at radius 1 is 1.12 bits per heavy atom. The molecule has 0 aliphatic carbocycles. The molecule has 26 heavy (non-hydrogen) atoms. The van der Waals surface area contributed by atoms with Gasteiger partial charge in [-0.1, -0.05) is 36.4 Å². The van der Waals surface area contributed by atoms with E-state index in [2.05, 4.69) is 0 Å². The molecule has 0 amide bonds. The van der Waals surface area contributed by atoms with E-state index in [1.54, 1.807) is 18.2 Å². The third-order valence-corrected chi connectivity index (χ3v) is 5.70. The topological polar surface area (TPSA) is 124 Å². The number of halogens is 1. The Morgan fingerprint density at radius 2 is 1.73 bits per heavy atom. The standard InChI is InChI=1S/C15H14ClN3O6S/c1-11-7-8-13(9-14(11)18(20)21)26(24,25)17(19(22)23)15(10-16)12-5-3-2-4-6-12/h2-9,15H,10H2,1H3. The average Bonchev–Trinajstić information content (AvgIpc) is 2.59. The van der Waals surface area contributed by atoms with E-state index in [-0.39, 0.29) is 15.9 Å². The number of alkyl halides is 1. The minimum atomic E-state index is -4.69. The molecular formula is C15H14ClN3O6S. The zero-order valence-electron chi connectivity index (χ0n) is 13.5. The molecule has 11 heteroatoms. The van der Waals surface area contributed by atoms with Crippen LogP contribution in [0.2, 0.25) is 0 Å². The Balaban J connectivity index is 2.61. The monoisotopic (exact) mass is 399 g/mol. The quantitative estimate of drug-likeness (QED) is 0.400. The number of aryl methyl sites for hydroxylation is 1. The van der Waals surface area contributed by atoms with Crippen molar-refractivity contribution < 1.29 is 18.4 Å². The van der Waals surface area contributed by atoms with Crippen molar-refractivity contribution in [3.8, 4) is 0 Å². The number of hydrogen-bond acceptors (Lipinski definition) is 6. The minimum Gasteiger partial charge on any atom is -0.258 e. The third-order valence-electron chi connectivity index (χ3n) is 3.68. The van der Waals surface area contributed by atoms with Crippen LogP contribution >= 0.6 is 11.6 Å². The fraction of sp³-hybridized carbons (Fsp3) is 0.200. The van der Waals surface area contributed by atoms with Gasteiger partial charge in [0.2, 0.25) is 0 Å². The molecule has 0 aliphatic rings. The van der Waals surface area contributed by atoms with Gasteiger partial charge in [0, 0.05) is 11.6 Å². The maximum absolute atomic E-state index is 12.8. The van der Waals surface area contributed by atoms with Crippen molar-refractivity contribution >= 4 is 27.3 Å². The summed E-state index contributed by atoms with van der Waals surface area (Å²) in [4.78, 5) is 21.3. The predicted molar refractivity (Wildman–Crippen MR) is 93.8 cm³/mol. The summed E-state index contributed by atoms with van der Waals surface area (Å²) in [5, 5.41) is 21.5. The van der Waals surface area contributed by atoms with Gasteiger partial charge in [-0.05, 0) is 23.0 Å². The lowest BCUT2D eigenvalue weighted by Crippen LogP contribution is -2.40. The molecule has 0 fully saturated rings. The highest BCUT2D eigenvalue weighted by Crippen LogP contribution is 2.31. The number of nitro benzene ring substituents is 1. The third kappa shape index (κ3) is 3.75. The van der Waals surface area contributed by atoms with Gasteiger partial charge in [0.1, 0.15) is 6.04 Å². The van der Waals surface area contributed by atoms with Crippen molar-refractivity contribution in [1.29, 1.82) is 0 Å². The number of hydrazine groups is 1. The molecule has 9 nitrogen and oxygen atoms in total. The first-order chi connectivity index (χ1) is 12.2.